The van der Waals surface area contributed by atoms with Crippen molar-refractivity contribution in [2.75, 3.05) is 26.8 Å². The van der Waals surface area contributed by atoms with E-state index in [4.69, 9.17) is 4.74 Å². The van der Waals surface area contributed by atoms with Gasteiger partial charge < -0.3 is 15.0 Å². The number of nitrogens with zero attached hydrogens (tertiary/aromatic N) is 1. The molecule has 2 atom stereocenters. The van der Waals surface area contributed by atoms with Crippen LogP contribution in [-0.4, -0.2) is 48.8 Å². The number of aryl methyl sites for hydroxylation is 1. The molecule has 1 aliphatic rings. The van der Waals surface area contributed by atoms with E-state index in [9.17, 15) is 9.59 Å². The third-order valence-corrected chi connectivity index (χ3v) is 5.29. The van der Waals surface area contributed by atoms with Gasteiger partial charge in [0.1, 0.15) is 5.37 Å². The zero-order chi connectivity index (χ0) is 16.8. The standard InChI is InChI=1S/C17H24N2O3S/c1-12-6-4-5-7-14(12)17-19(16(21)13(2)23-17)10-8-15(20)18-9-11-22-3/h4-7,13,17H,8-11H2,1-3H3,(H,18,20)/t13-,17+/m1/s1. The zero-order valence-corrected chi connectivity index (χ0v) is 14.7. The Hall–Kier alpha value is -1.53. The van der Waals surface area contributed by atoms with Crippen molar-refractivity contribution in [1.82, 2.24) is 10.2 Å². The number of ether oxygens (including phenoxy) is 1. The molecule has 0 spiro atoms. The summed E-state index contributed by atoms with van der Waals surface area (Å²) < 4.78 is 4.91. The summed E-state index contributed by atoms with van der Waals surface area (Å²) in [5.74, 6) is 0.0517. The molecular weight excluding hydrogens is 312 g/mol. The zero-order valence-electron chi connectivity index (χ0n) is 13.9. The van der Waals surface area contributed by atoms with Gasteiger partial charge in [0, 0.05) is 26.6 Å². The number of nitrogens with one attached hydrogen (secondary N) is 1. The van der Waals surface area contributed by atoms with Gasteiger partial charge in [-0.15, -0.1) is 11.8 Å². The lowest BCUT2D eigenvalue weighted by Crippen LogP contribution is -2.35. The number of thioether (sulfide) groups is 1. The molecule has 1 saturated heterocycles. The van der Waals surface area contributed by atoms with E-state index < -0.39 is 0 Å². The number of methoxy groups -OCH3 is 1. The predicted octanol–water partition coefficient (Wildman–Crippen LogP) is 2.11. The maximum absolute atomic E-state index is 12.4. The molecule has 1 heterocycles. The van der Waals surface area contributed by atoms with Gasteiger partial charge in [-0.3, -0.25) is 9.59 Å². The summed E-state index contributed by atoms with van der Waals surface area (Å²) in [4.78, 5) is 26.1. The molecule has 0 aliphatic carbocycles. The molecule has 2 rings (SSSR count). The van der Waals surface area contributed by atoms with E-state index in [0.29, 0.717) is 26.1 Å². The van der Waals surface area contributed by atoms with E-state index in [1.807, 2.05) is 24.0 Å². The largest absolute Gasteiger partial charge is 0.383 e. The van der Waals surface area contributed by atoms with Crippen molar-refractivity contribution in [2.24, 2.45) is 0 Å². The van der Waals surface area contributed by atoms with Crippen molar-refractivity contribution in [1.29, 1.82) is 0 Å². The summed E-state index contributed by atoms with van der Waals surface area (Å²) in [5, 5.41) is 2.71. The molecule has 0 radical (unpaired) electrons. The Morgan fingerprint density at radius 2 is 2.13 bits per heavy atom. The molecular formula is C17H24N2O3S. The van der Waals surface area contributed by atoms with E-state index in [-0.39, 0.29) is 22.4 Å². The van der Waals surface area contributed by atoms with Crippen molar-refractivity contribution in [3.05, 3.63) is 35.4 Å². The highest BCUT2D eigenvalue weighted by Crippen LogP contribution is 2.43. The molecule has 2 amide bonds. The Labute approximate surface area is 141 Å². The first-order valence-electron chi connectivity index (χ1n) is 7.81. The normalized spacial score (nSPS) is 20.8. The van der Waals surface area contributed by atoms with Crippen LogP contribution in [0.15, 0.2) is 24.3 Å². The van der Waals surface area contributed by atoms with Crippen LogP contribution in [0.25, 0.3) is 0 Å². The molecule has 0 aromatic heterocycles. The number of rotatable bonds is 7. The van der Waals surface area contributed by atoms with Gasteiger partial charge in [-0.1, -0.05) is 24.3 Å². The van der Waals surface area contributed by atoms with Crippen molar-refractivity contribution >= 4 is 23.6 Å². The molecule has 0 unspecified atom stereocenters. The highest BCUT2D eigenvalue weighted by atomic mass is 32.2. The summed E-state index contributed by atoms with van der Waals surface area (Å²) in [7, 11) is 1.60. The SMILES string of the molecule is COCCNC(=O)CCN1C(=O)[C@@H](C)S[C@H]1c1ccccc1C. The van der Waals surface area contributed by atoms with E-state index >= 15 is 0 Å². The van der Waals surface area contributed by atoms with Crippen LogP contribution >= 0.6 is 11.8 Å². The molecule has 1 aliphatic heterocycles. The Morgan fingerprint density at radius 3 is 2.83 bits per heavy atom. The maximum atomic E-state index is 12.4. The lowest BCUT2D eigenvalue weighted by Gasteiger charge is -2.25. The first-order valence-corrected chi connectivity index (χ1v) is 8.76. The van der Waals surface area contributed by atoms with Crippen LogP contribution in [0.2, 0.25) is 0 Å². The Bertz CT molecular complexity index is 565. The molecule has 6 heteroatoms. The topological polar surface area (TPSA) is 58.6 Å². The van der Waals surface area contributed by atoms with Crippen LogP contribution < -0.4 is 5.32 Å². The van der Waals surface area contributed by atoms with Crippen LogP contribution in [0.1, 0.15) is 29.8 Å². The average Bonchev–Trinajstić information content (AvgIpc) is 2.81. The lowest BCUT2D eigenvalue weighted by atomic mass is 10.1. The monoisotopic (exact) mass is 336 g/mol. The van der Waals surface area contributed by atoms with E-state index in [0.717, 1.165) is 5.56 Å². The second-order valence-corrected chi connectivity index (χ2v) is 7.04. The predicted molar refractivity (Wildman–Crippen MR) is 92.2 cm³/mol. The van der Waals surface area contributed by atoms with Gasteiger partial charge in [-0.05, 0) is 25.0 Å². The number of hydrogen-bond acceptors (Lipinski definition) is 4. The van der Waals surface area contributed by atoms with Crippen molar-refractivity contribution in [2.45, 2.75) is 30.9 Å². The maximum Gasteiger partial charge on any atom is 0.236 e. The van der Waals surface area contributed by atoms with Gasteiger partial charge in [0.15, 0.2) is 0 Å². The minimum absolute atomic E-state index is 0.00882. The van der Waals surface area contributed by atoms with Gasteiger partial charge in [-0.25, -0.2) is 0 Å². The number of amides is 2. The number of carbonyl (C=O) groups excluding carboxylic acids is 2. The van der Waals surface area contributed by atoms with E-state index in [1.165, 1.54) is 5.56 Å². The quantitative estimate of drug-likeness (QED) is 0.775. The summed E-state index contributed by atoms with van der Waals surface area (Å²) >= 11 is 1.65. The Balaban J connectivity index is 2.01. The van der Waals surface area contributed by atoms with Gasteiger partial charge in [0.25, 0.3) is 0 Å². The summed E-state index contributed by atoms with van der Waals surface area (Å²) in [6.45, 7) is 5.41. The Morgan fingerprint density at radius 1 is 1.39 bits per heavy atom. The summed E-state index contributed by atoms with van der Waals surface area (Å²) in [5.41, 5.74) is 2.32. The Kier molecular flexibility index (Phi) is 6.47. The molecule has 1 N–H and O–H groups in total. The minimum atomic E-state index is -0.0730. The number of hydrogen-bond donors (Lipinski definition) is 1. The fourth-order valence-corrected chi connectivity index (χ4v) is 4.02. The highest BCUT2D eigenvalue weighted by Gasteiger charge is 2.38. The molecule has 5 nitrogen and oxygen atoms in total. The van der Waals surface area contributed by atoms with Gasteiger partial charge in [0.05, 0.1) is 11.9 Å². The van der Waals surface area contributed by atoms with E-state index in [1.54, 1.807) is 18.9 Å². The number of benzene rings is 1. The van der Waals surface area contributed by atoms with Gasteiger partial charge >= 0.3 is 0 Å². The molecule has 0 bridgehead atoms. The van der Waals surface area contributed by atoms with Crippen LogP contribution in [0.3, 0.4) is 0 Å². The van der Waals surface area contributed by atoms with Crippen LogP contribution in [0.4, 0.5) is 0 Å². The van der Waals surface area contributed by atoms with Crippen molar-refractivity contribution in [3.8, 4) is 0 Å². The fraction of sp³-hybridized carbons (Fsp3) is 0.529. The molecule has 23 heavy (non-hydrogen) atoms. The molecule has 1 aromatic carbocycles. The lowest BCUT2D eigenvalue weighted by molar-refractivity contribution is -0.130. The van der Waals surface area contributed by atoms with Crippen molar-refractivity contribution in [3.63, 3.8) is 0 Å². The number of carbonyl (C=O) groups is 2. The molecule has 0 saturated carbocycles. The summed E-state index contributed by atoms with van der Waals surface area (Å²) in [6, 6.07) is 8.10. The molecule has 1 aromatic rings. The molecule has 126 valence electrons. The fourth-order valence-electron chi connectivity index (χ4n) is 2.61. The van der Waals surface area contributed by atoms with Crippen LogP contribution in [0, 0.1) is 6.92 Å². The van der Waals surface area contributed by atoms with Crippen molar-refractivity contribution < 1.29 is 14.3 Å². The first kappa shape index (κ1) is 17.8. The average molecular weight is 336 g/mol. The molecule has 1 fully saturated rings. The summed E-state index contributed by atoms with van der Waals surface area (Å²) in [6.07, 6.45) is 0.311. The third kappa shape index (κ3) is 4.48. The highest BCUT2D eigenvalue weighted by molar-refractivity contribution is 8.01. The first-order chi connectivity index (χ1) is 11.0. The minimum Gasteiger partial charge on any atom is -0.383 e. The van der Waals surface area contributed by atoms with Crippen LogP contribution in [0.5, 0.6) is 0 Å². The van der Waals surface area contributed by atoms with Crippen LogP contribution in [-0.2, 0) is 14.3 Å². The second kappa shape index (κ2) is 8.36. The van der Waals surface area contributed by atoms with E-state index in [2.05, 4.69) is 24.4 Å². The smallest absolute Gasteiger partial charge is 0.236 e. The second-order valence-electron chi connectivity index (χ2n) is 5.61. The third-order valence-electron chi connectivity index (χ3n) is 3.91. The van der Waals surface area contributed by atoms with Gasteiger partial charge in [-0.2, -0.15) is 0 Å². The van der Waals surface area contributed by atoms with Gasteiger partial charge in [0.2, 0.25) is 11.8 Å².